The van der Waals surface area contributed by atoms with Crippen molar-refractivity contribution in [2.45, 2.75) is 122 Å². The Morgan fingerprint density at radius 3 is 1.51 bits per heavy atom. The van der Waals surface area contributed by atoms with Crippen molar-refractivity contribution in [2.75, 3.05) is 26.2 Å². The van der Waals surface area contributed by atoms with E-state index >= 15 is 0 Å². The molecule has 2 nitrogen and oxygen atoms in total. The largest absolute Gasteiger partial charge is 0.300 e. The van der Waals surface area contributed by atoms with Gasteiger partial charge in [0.25, 0.3) is 0 Å². The van der Waals surface area contributed by atoms with Crippen LogP contribution in [0.4, 0.5) is 0 Å². The molecule has 1 heterocycles. The van der Waals surface area contributed by atoms with Gasteiger partial charge in [-0.25, -0.2) is 0 Å². The first-order valence-electron chi connectivity index (χ1n) is 16.1. The summed E-state index contributed by atoms with van der Waals surface area (Å²) in [5.74, 6) is 5.48. The van der Waals surface area contributed by atoms with E-state index in [0.717, 1.165) is 47.6 Å². The van der Waals surface area contributed by atoms with E-state index in [1.54, 1.807) is 0 Å². The van der Waals surface area contributed by atoms with E-state index in [4.69, 9.17) is 0 Å². The van der Waals surface area contributed by atoms with Crippen molar-refractivity contribution in [1.29, 1.82) is 0 Å². The summed E-state index contributed by atoms with van der Waals surface area (Å²) in [5.41, 5.74) is 0. The Labute approximate surface area is 218 Å². The first-order chi connectivity index (χ1) is 17.3. The highest BCUT2D eigenvalue weighted by Gasteiger charge is 2.46. The van der Waals surface area contributed by atoms with Gasteiger partial charge in [-0.2, -0.15) is 0 Å². The normalized spacial score (nSPS) is 42.6. The molecular formula is C33H56N2. The third kappa shape index (κ3) is 5.95. The van der Waals surface area contributed by atoms with Crippen LogP contribution in [0.15, 0.2) is 24.3 Å². The van der Waals surface area contributed by atoms with Gasteiger partial charge in [-0.15, -0.1) is 0 Å². The predicted molar refractivity (Wildman–Crippen MR) is 151 cm³/mol. The lowest BCUT2D eigenvalue weighted by Crippen LogP contribution is -2.43. The molecule has 8 atom stereocenters. The molecule has 0 bridgehead atoms. The summed E-state index contributed by atoms with van der Waals surface area (Å²) in [6.45, 7) is 10.1. The van der Waals surface area contributed by atoms with Crippen LogP contribution < -0.4 is 0 Å². The third-order valence-electron chi connectivity index (χ3n) is 11.1. The lowest BCUT2D eigenvalue weighted by Gasteiger charge is -2.36. The van der Waals surface area contributed by atoms with E-state index in [1.807, 2.05) is 0 Å². The fourth-order valence-electron chi connectivity index (χ4n) is 9.37. The molecule has 0 radical (unpaired) electrons. The monoisotopic (exact) mass is 480 g/mol. The van der Waals surface area contributed by atoms with Gasteiger partial charge < -0.3 is 0 Å². The van der Waals surface area contributed by atoms with Crippen LogP contribution in [0, 0.1) is 35.5 Å². The molecule has 3 unspecified atom stereocenters. The van der Waals surface area contributed by atoms with Crippen LogP contribution in [0.5, 0.6) is 0 Å². The summed E-state index contributed by atoms with van der Waals surface area (Å²) in [6, 6.07) is 1.60. The van der Waals surface area contributed by atoms with Crippen molar-refractivity contribution in [3.63, 3.8) is 0 Å². The molecule has 5 aliphatic rings. The minimum absolute atomic E-state index is 0.792. The summed E-state index contributed by atoms with van der Waals surface area (Å²) in [4.78, 5) is 5.98. The summed E-state index contributed by atoms with van der Waals surface area (Å²) >= 11 is 0. The van der Waals surface area contributed by atoms with Gasteiger partial charge >= 0.3 is 0 Å². The number of unbranched alkanes of at least 4 members (excludes halogenated alkanes) is 2. The van der Waals surface area contributed by atoms with Gasteiger partial charge in [-0.3, -0.25) is 9.80 Å². The van der Waals surface area contributed by atoms with Crippen LogP contribution in [0.25, 0.3) is 0 Å². The van der Waals surface area contributed by atoms with Gasteiger partial charge in [-0.1, -0.05) is 89.5 Å². The fourth-order valence-corrected chi connectivity index (χ4v) is 9.37. The van der Waals surface area contributed by atoms with Crippen molar-refractivity contribution in [3.8, 4) is 0 Å². The number of allylic oxidation sites excluding steroid dienone is 2. The van der Waals surface area contributed by atoms with Gasteiger partial charge in [0.2, 0.25) is 0 Å². The van der Waals surface area contributed by atoms with Gasteiger partial charge in [-0.05, 0) is 107 Å². The van der Waals surface area contributed by atoms with Crippen molar-refractivity contribution in [1.82, 2.24) is 9.80 Å². The molecular weight excluding hydrogens is 424 g/mol. The average Bonchev–Trinajstić information content (AvgIpc) is 3.44. The number of rotatable bonds is 6. The molecule has 0 aromatic heterocycles. The maximum Gasteiger partial charge on any atom is 0.0164 e. The first-order valence-corrected chi connectivity index (χ1v) is 16.1. The highest BCUT2D eigenvalue weighted by atomic mass is 15.2. The highest BCUT2D eigenvalue weighted by Crippen LogP contribution is 2.50. The molecule has 0 aromatic carbocycles. The van der Waals surface area contributed by atoms with Crippen LogP contribution >= 0.6 is 0 Å². The van der Waals surface area contributed by atoms with E-state index < -0.39 is 0 Å². The van der Waals surface area contributed by atoms with Gasteiger partial charge in [0.15, 0.2) is 0 Å². The van der Waals surface area contributed by atoms with E-state index in [-0.39, 0.29) is 0 Å². The molecule has 1 aliphatic heterocycles. The van der Waals surface area contributed by atoms with Gasteiger partial charge in [0.05, 0.1) is 0 Å². The van der Waals surface area contributed by atoms with E-state index in [0.29, 0.717) is 0 Å². The SMILES string of the molecule is CCCCN1CCCN(CCCC)[C@H]2CC3CCCC[C@@H]3[C@H]2/C=C/C=C/[C@@H]2C3CCCC[C@@H]3CC21. The quantitative estimate of drug-likeness (QED) is 0.379. The number of nitrogens with zero attached hydrogens (tertiary/aromatic N) is 2. The van der Waals surface area contributed by atoms with Crippen molar-refractivity contribution >= 4 is 0 Å². The molecule has 0 N–H and O–H groups in total. The predicted octanol–water partition coefficient (Wildman–Crippen LogP) is 8.10. The Hall–Kier alpha value is -0.600. The second-order valence-corrected chi connectivity index (χ2v) is 13.1. The maximum absolute atomic E-state index is 2.99. The van der Waals surface area contributed by atoms with E-state index in [1.165, 1.54) is 122 Å². The Kier molecular flexibility index (Phi) is 9.49. The van der Waals surface area contributed by atoms with Crippen LogP contribution in [-0.4, -0.2) is 48.1 Å². The molecule has 0 saturated heterocycles. The van der Waals surface area contributed by atoms with Crippen LogP contribution in [0.3, 0.4) is 0 Å². The summed E-state index contributed by atoms with van der Waals surface area (Å²) in [5, 5.41) is 0. The topological polar surface area (TPSA) is 6.48 Å². The summed E-state index contributed by atoms with van der Waals surface area (Å²) < 4.78 is 0. The zero-order valence-electron chi connectivity index (χ0n) is 23.3. The summed E-state index contributed by atoms with van der Waals surface area (Å²) in [6.07, 6.45) is 32.1. The Bertz CT molecular complexity index is 639. The smallest absolute Gasteiger partial charge is 0.0164 e. The van der Waals surface area contributed by atoms with E-state index in [2.05, 4.69) is 48.0 Å². The van der Waals surface area contributed by atoms with Crippen LogP contribution in [0.2, 0.25) is 0 Å². The van der Waals surface area contributed by atoms with Crippen LogP contribution in [-0.2, 0) is 0 Å². The number of hydrogen-bond acceptors (Lipinski definition) is 2. The maximum atomic E-state index is 2.99. The van der Waals surface area contributed by atoms with Crippen molar-refractivity contribution in [3.05, 3.63) is 24.3 Å². The molecule has 4 aliphatic carbocycles. The van der Waals surface area contributed by atoms with Gasteiger partial charge in [0.1, 0.15) is 0 Å². The van der Waals surface area contributed by atoms with Crippen molar-refractivity contribution in [2.24, 2.45) is 35.5 Å². The molecule has 2 heteroatoms. The Morgan fingerprint density at radius 2 is 1.06 bits per heavy atom. The van der Waals surface area contributed by atoms with Crippen LogP contribution in [0.1, 0.15) is 110 Å². The third-order valence-corrected chi connectivity index (χ3v) is 11.1. The summed E-state index contributed by atoms with van der Waals surface area (Å²) in [7, 11) is 0. The second-order valence-electron chi connectivity index (χ2n) is 13.1. The van der Waals surface area contributed by atoms with E-state index in [9.17, 15) is 0 Å². The van der Waals surface area contributed by atoms with Crippen molar-refractivity contribution < 1.29 is 0 Å². The second kappa shape index (κ2) is 12.8. The highest BCUT2D eigenvalue weighted by molar-refractivity contribution is 5.15. The zero-order chi connectivity index (χ0) is 24.0. The molecule has 198 valence electrons. The number of hydrogen-bond donors (Lipinski definition) is 0. The molecule has 0 amide bonds. The molecule has 5 rings (SSSR count). The molecule has 4 saturated carbocycles. The fraction of sp³-hybridized carbons (Fsp3) is 0.879. The zero-order valence-corrected chi connectivity index (χ0v) is 23.3. The average molecular weight is 481 g/mol. The molecule has 35 heavy (non-hydrogen) atoms. The lowest BCUT2D eigenvalue weighted by molar-refractivity contribution is 0.128. The first kappa shape index (κ1) is 26.0. The Morgan fingerprint density at radius 1 is 0.600 bits per heavy atom. The minimum atomic E-state index is 0.792. The lowest BCUT2D eigenvalue weighted by atomic mass is 9.77. The molecule has 4 fully saturated rings. The Balaban J connectivity index is 1.41. The number of fused-ring (bicyclic) bond motifs is 6. The van der Waals surface area contributed by atoms with Gasteiger partial charge in [0, 0.05) is 12.1 Å². The minimum Gasteiger partial charge on any atom is -0.300 e. The standard InChI is InChI=1S/C33H56N2/c1-3-5-20-34-22-13-23-35(21-6-4-2)33-25-27-15-8-10-17-29(27)31(33)19-12-11-18-30-28-16-9-7-14-26(28)24-32(30)34/h11-12,18-19,26-33H,3-10,13-17,20-25H2,1-2H3/b18-11+,19-12+/t26-,27?,28?,29+,30-,31-,32?,33+/m1/s1. The molecule has 0 aromatic rings. The molecule has 0 spiro atoms.